The van der Waals surface area contributed by atoms with Gasteiger partial charge in [0, 0.05) is 11.5 Å². The number of hydrogen-bond acceptors (Lipinski definition) is 4. The number of rotatable bonds is 3. The van der Waals surface area contributed by atoms with Gasteiger partial charge in [-0.1, -0.05) is 19.9 Å². The molecule has 2 fully saturated rings. The fourth-order valence-electron chi connectivity index (χ4n) is 4.54. The number of aliphatic hydroxyl groups excluding tert-OH is 1. The standard InChI is InChI=1S/C18H27NO3.C2H6/c1-12-9-13(10-15(21-3)17(12)22-4)18-6-5-14(20)11-16(18)19(2)8-7-18;1-2/h9-10,14,16,20H,5-8,11H2,1-4H3;1-2H3/t14?,16?,18-;/m0./s1. The number of aliphatic hydroxyl groups is 1. The lowest BCUT2D eigenvalue weighted by molar-refractivity contribution is 0.0566. The zero-order chi connectivity index (χ0) is 17.9. The number of likely N-dealkylation sites (N-methyl/N-ethyl adjacent to an activating group) is 1. The average molecular weight is 335 g/mol. The molecule has 0 amide bonds. The molecular formula is C20H33NO3. The van der Waals surface area contributed by atoms with Gasteiger partial charge in [-0.25, -0.2) is 0 Å². The largest absolute Gasteiger partial charge is 0.493 e. The molecule has 2 unspecified atom stereocenters. The minimum atomic E-state index is -0.167. The van der Waals surface area contributed by atoms with Crippen LogP contribution in [-0.2, 0) is 5.41 Å². The first-order valence-corrected chi connectivity index (χ1v) is 9.13. The monoisotopic (exact) mass is 335 g/mol. The van der Waals surface area contributed by atoms with Crippen molar-refractivity contribution in [1.29, 1.82) is 0 Å². The molecule has 1 aromatic rings. The highest BCUT2D eigenvalue weighted by molar-refractivity contribution is 5.51. The molecule has 24 heavy (non-hydrogen) atoms. The number of nitrogens with zero attached hydrogens (tertiary/aromatic N) is 1. The van der Waals surface area contributed by atoms with Crippen LogP contribution in [0.3, 0.4) is 0 Å². The number of hydrogen-bond donors (Lipinski definition) is 1. The molecule has 3 atom stereocenters. The first-order chi connectivity index (χ1) is 11.5. The summed E-state index contributed by atoms with van der Waals surface area (Å²) in [5.74, 6) is 1.63. The van der Waals surface area contributed by atoms with Crippen molar-refractivity contribution in [3.8, 4) is 11.5 Å². The zero-order valence-electron chi connectivity index (χ0n) is 16.1. The quantitative estimate of drug-likeness (QED) is 0.918. The van der Waals surface area contributed by atoms with Crippen molar-refractivity contribution in [3.05, 3.63) is 23.3 Å². The summed E-state index contributed by atoms with van der Waals surface area (Å²) in [4.78, 5) is 2.41. The molecule has 4 nitrogen and oxygen atoms in total. The van der Waals surface area contributed by atoms with E-state index in [-0.39, 0.29) is 11.5 Å². The Morgan fingerprint density at radius 2 is 1.88 bits per heavy atom. The molecule has 0 spiro atoms. The smallest absolute Gasteiger partial charge is 0.163 e. The summed E-state index contributed by atoms with van der Waals surface area (Å²) in [6, 6.07) is 4.81. The van der Waals surface area contributed by atoms with Crippen LogP contribution in [0, 0.1) is 6.92 Å². The van der Waals surface area contributed by atoms with Crippen LogP contribution in [0.15, 0.2) is 12.1 Å². The zero-order valence-corrected chi connectivity index (χ0v) is 16.1. The summed E-state index contributed by atoms with van der Waals surface area (Å²) >= 11 is 0. The highest BCUT2D eigenvalue weighted by Crippen LogP contribution is 2.50. The summed E-state index contributed by atoms with van der Waals surface area (Å²) < 4.78 is 11.0. The molecule has 1 saturated carbocycles. The maximum absolute atomic E-state index is 10.1. The van der Waals surface area contributed by atoms with Crippen LogP contribution < -0.4 is 9.47 Å². The normalized spacial score (nSPS) is 29.5. The van der Waals surface area contributed by atoms with Crippen molar-refractivity contribution in [2.75, 3.05) is 27.8 Å². The lowest BCUT2D eigenvalue weighted by Crippen LogP contribution is -2.47. The molecule has 2 aliphatic rings. The van der Waals surface area contributed by atoms with Crippen molar-refractivity contribution in [2.45, 2.75) is 64.0 Å². The fraction of sp³-hybridized carbons (Fsp3) is 0.700. The maximum atomic E-state index is 10.1. The van der Waals surface area contributed by atoms with E-state index in [1.807, 2.05) is 13.8 Å². The van der Waals surface area contributed by atoms with Gasteiger partial charge < -0.3 is 19.5 Å². The van der Waals surface area contributed by atoms with Crippen LogP contribution >= 0.6 is 0 Å². The average Bonchev–Trinajstić information content (AvgIpc) is 2.93. The van der Waals surface area contributed by atoms with E-state index in [0.717, 1.165) is 49.3 Å². The Morgan fingerprint density at radius 3 is 2.50 bits per heavy atom. The molecule has 0 bridgehead atoms. The van der Waals surface area contributed by atoms with Crippen molar-refractivity contribution in [2.24, 2.45) is 0 Å². The Bertz CT molecular complexity index is 560. The van der Waals surface area contributed by atoms with Crippen LogP contribution in [0.5, 0.6) is 11.5 Å². The minimum Gasteiger partial charge on any atom is -0.493 e. The highest BCUT2D eigenvalue weighted by Gasteiger charge is 2.50. The number of methoxy groups -OCH3 is 2. The van der Waals surface area contributed by atoms with Crippen LogP contribution in [0.25, 0.3) is 0 Å². The molecule has 0 aromatic heterocycles. The van der Waals surface area contributed by atoms with Gasteiger partial charge in [-0.05, 0) is 63.4 Å². The minimum absolute atomic E-state index is 0.137. The van der Waals surface area contributed by atoms with Crippen LogP contribution in [-0.4, -0.2) is 50.0 Å². The molecule has 1 aliphatic carbocycles. The van der Waals surface area contributed by atoms with Crippen molar-refractivity contribution < 1.29 is 14.6 Å². The van der Waals surface area contributed by atoms with E-state index in [1.165, 1.54) is 5.56 Å². The second kappa shape index (κ2) is 7.75. The number of ether oxygens (including phenoxy) is 2. The summed E-state index contributed by atoms with van der Waals surface area (Å²) in [5.41, 5.74) is 2.59. The maximum Gasteiger partial charge on any atom is 0.163 e. The van der Waals surface area contributed by atoms with Crippen LogP contribution in [0.1, 0.15) is 50.7 Å². The number of benzene rings is 1. The molecule has 1 saturated heterocycles. The van der Waals surface area contributed by atoms with Gasteiger partial charge in [0.1, 0.15) is 0 Å². The number of aryl methyl sites for hydroxylation is 1. The molecule has 0 radical (unpaired) electrons. The van der Waals surface area contributed by atoms with Gasteiger partial charge in [-0.2, -0.15) is 0 Å². The Hall–Kier alpha value is -1.26. The molecule has 1 heterocycles. The Labute approximate surface area is 146 Å². The lowest BCUT2D eigenvalue weighted by Gasteiger charge is -2.43. The summed E-state index contributed by atoms with van der Waals surface area (Å²) in [5, 5.41) is 10.1. The molecule has 1 aromatic carbocycles. The summed E-state index contributed by atoms with van der Waals surface area (Å²) in [6.45, 7) is 7.16. The van der Waals surface area contributed by atoms with Crippen molar-refractivity contribution >= 4 is 0 Å². The fourth-order valence-corrected chi connectivity index (χ4v) is 4.54. The van der Waals surface area contributed by atoms with E-state index >= 15 is 0 Å². The molecule has 3 rings (SSSR count). The lowest BCUT2D eigenvalue weighted by atomic mass is 9.65. The molecule has 1 N–H and O–H groups in total. The van der Waals surface area contributed by atoms with Crippen LogP contribution in [0.2, 0.25) is 0 Å². The Morgan fingerprint density at radius 1 is 1.17 bits per heavy atom. The van der Waals surface area contributed by atoms with Gasteiger partial charge >= 0.3 is 0 Å². The van der Waals surface area contributed by atoms with Crippen molar-refractivity contribution in [3.63, 3.8) is 0 Å². The third-order valence-electron chi connectivity index (χ3n) is 5.74. The second-order valence-corrected chi connectivity index (χ2v) is 6.86. The van der Waals surface area contributed by atoms with Gasteiger partial charge in [-0.3, -0.25) is 0 Å². The van der Waals surface area contributed by atoms with Gasteiger partial charge in [0.15, 0.2) is 11.5 Å². The number of likely N-dealkylation sites (tertiary alicyclic amines) is 1. The topological polar surface area (TPSA) is 41.9 Å². The molecule has 1 aliphatic heterocycles. The summed E-state index contributed by atoms with van der Waals surface area (Å²) in [7, 11) is 5.56. The first kappa shape index (κ1) is 19.1. The van der Waals surface area contributed by atoms with E-state index in [1.54, 1.807) is 14.2 Å². The van der Waals surface area contributed by atoms with Gasteiger partial charge in [0.05, 0.1) is 20.3 Å². The highest BCUT2D eigenvalue weighted by atomic mass is 16.5. The SMILES string of the molecule is CC.COc1cc([C@@]23CCC(O)CC2N(C)CC3)cc(C)c1OC. The Balaban J connectivity index is 0.00000100. The van der Waals surface area contributed by atoms with E-state index in [4.69, 9.17) is 9.47 Å². The van der Waals surface area contributed by atoms with E-state index < -0.39 is 0 Å². The third-order valence-corrected chi connectivity index (χ3v) is 5.74. The molecular weight excluding hydrogens is 302 g/mol. The van der Waals surface area contributed by atoms with Crippen molar-refractivity contribution in [1.82, 2.24) is 4.90 Å². The predicted molar refractivity (Wildman–Crippen MR) is 98.2 cm³/mol. The van der Waals surface area contributed by atoms with E-state index in [0.29, 0.717) is 6.04 Å². The second-order valence-electron chi connectivity index (χ2n) is 6.86. The first-order valence-electron chi connectivity index (χ1n) is 9.13. The van der Waals surface area contributed by atoms with Crippen LogP contribution in [0.4, 0.5) is 0 Å². The van der Waals surface area contributed by atoms with E-state index in [9.17, 15) is 5.11 Å². The van der Waals surface area contributed by atoms with Gasteiger partial charge in [-0.15, -0.1) is 0 Å². The Kier molecular flexibility index (Phi) is 6.16. The molecule has 4 heteroatoms. The third kappa shape index (κ3) is 3.14. The summed E-state index contributed by atoms with van der Waals surface area (Å²) in [6.07, 6.45) is 3.77. The van der Waals surface area contributed by atoms with Gasteiger partial charge in [0.25, 0.3) is 0 Å². The van der Waals surface area contributed by atoms with E-state index in [2.05, 4.69) is 31.0 Å². The number of fused-ring (bicyclic) bond motifs is 1. The molecule has 136 valence electrons. The predicted octanol–water partition coefficient (Wildman–Crippen LogP) is 3.53. The van der Waals surface area contributed by atoms with Gasteiger partial charge in [0.2, 0.25) is 0 Å².